The van der Waals surface area contributed by atoms with Crippen molar-refractivity contribution >= 4 is 28.5 Å². The van der Waals surface area contributed by atoms with E-state index in [0.717, 1.165) is 54.7 Å². The largest absolute Gasteiger partial charge is 0.490 e. The zero-order valence-corrected chi connectivity index (χ0v) is 22.7. The molecule has 0 spiro atoms. The third-order valence-corrected chi connectivity index (χ3v) is 8.46. The number of carbonyl (C=O) groups is 1. The lowest BCUT2D eigenvalue weighted by atomic mass is 9.93. The number of ether oxygens (including phenoxy) is 2. The first-order valence-corrected chi connectivity index (χ1v) is 14.6. The Morgan fingerprint density at radius 2 is 1.87 bits per heavy atom. The van der Waals surface area contributed by atoms with Crippen LogP contribution in [-0.4, -0.2) is 24.8 Å². The van der Waals surface area contributed by atoms with Gasteiger partial charge in [0.05, 0.1) is 12.2 Å². The molecule has 1 saturated carbocycles. The van der Waals surface area contributed by atoms with Crippen LogP contribution >= 0.6 is 11.3 Å². The second-order valence-corrected chi connectivity index (χ2v) is 11.1. The van der Waals surface area contributed by atoms with Gasteiger partial charge >= 0.3 is 0 Å². The van der Waals surface area contributed by atoms with Gasteiger partial charge in [-0.05, 0) is 80.8 Å². The molecule has 3 aromatic rings. The number of rotatable bonds is 9. The van der Waals surface area contributed by atoms with Gasteiger partial charge in [-0.3, -0.25) is 4.79 Å². The average molecular weight is 535 g/mol. The molecule has 200 valence electrons. The van der Waals surface area contributed by atoms with Gasteiger partial charge in [-0.1, -0.05) is 37.5 Å². The first-order chi connectivity index (χ1) is 18.6. The normalized spacial score (nSPS) is 15.8. The summed E-state index contributed by atoms with van der Waals surface area (Å²) in [4.78, 5) is 19.5. The number of carbonyl (C=O) groups excluding carboxylic acids is 1. The molecule has 0 saturated heterocycles. The molecule has 1 N–H and O–H groups in total. The van der Waals surface area contributed by atoms with E-state index in [1.165, 1.54) is 35.8 Å². The van der Waals surface area contributed by atoms with Crippen molar-refractivity contribution in [2.75, 3.05) is 6.61 Å². The van der Waals surface area contributed by atoms with Crippen LogP contribution in [0.5, 0.6) is 11.5 Å². The minimum atomic E-state index is -0.295. The molecule has 7 heteroatoms. The van der Waals surface area contributed by atoms with Gasteiger partial charge in [0, 0.05) is 22.7 Å². The van der Waals surface area contributed by atoms with Crippen LogP contribution in [-0.2, 0) is 19.4 Å². The van der Waals surface area contributed by atoms with Crippen molar-refractivity contribution in [3.8, 4) is 11.5 Å². The highest BCUT2D eigenvalue weighted by atomic mass is 32.1. The number of fused-ring (bicyclic) bond motifs is 1. The molecule has 1 aromatic heterocycles. The predicted molar refractivity (Wildman–Crippen MR) is 151 cm³/mol. The number of thiophene rings is 1. The van der Waals surface area contributed by atoms with Crippen molar-refractivity contribution in [1.29, 1.82) is 0 Å². The van der Waals surface area contributed by atoms with Crippen molar-refractivity contribution in [3.05, 3.63) is 75.4 Å². The molecule has 2 aliphatic rings. The van der Waals surface area contributed by atoms with Gasteiger partial charge in [-0.15, -0.1) is 11.3 Å². The summed E-state index contributed by atoms with van der Waals surface area (Å²) in [6, 6.07) is 12.4. The summed E-state index contributed by atoms with van der Waals surface area (Å²) in [7, 11) is 0. The number of benzene rings is 2. The van der Waals surface area contributed by atoms with Crippen LogP contribution in [0, 0.1) is 5.82 Å². The topological polar surface area (TPSA) is 59.9 Å². The Balaban J connectivity index is 1.36. The van der Waals surface area contributed by atoms with E-state index in [-0.39, 0.29) is 24.4 Å². The van der Waals surface area contributed by atoms with E-state index in [1.54, 1.807) is 35.8 Å². The Labute approximate surface area is 228 Å². The smallest absolute Gasteiger partial charge is 0.254 e. The summed E-state index contributed by atoms with van der Waals surface area (Å²) >= 11 is 1.65. The number of aryl methyl sites for hydroxylation is 1. The second kappa shape index (κ2) is 12.6. The molecule has 0 unspecified atom stereocenters. The number of halogens is 1. The molecule has 1 heterocycles. The molecular formula is C31H35FN2O3S. The maximum Gasteiger partial charge on any atom is 0.254 e. The van der Waals surface area contributed by atoms with Gasteiger partial charge in [-0.2, -0.15) is 0 Å². The molecule has 2 aliphatic carbocycles. The van der Waals surface area contributed by atoms with Crippen molar-refractivity contribution in [3.63, 3.8) is 0 Å². The highest BCUT2D eigenvalue weighted by Crippen LogP contribution is 2.40. The van der Waals surface area contributed by atoms with Crippen molar-refractivity contribution in [2.24, 2.45) is 4.99 Å². The van der Waals surface area contributed by atoms with Crippen LogP contribution in [0.15, 0.2) is 47.5 Å². The molecule has 0 radical (unpaired) electrons. The van der Waals surface area contributed by atoms with E-state index in [0.29, 0.717) is 23.7 Å². The Hall–Kier alpha value is -3.19. The van der Waals surface area contributed by atoms with Gasteiger partial charge in [0.15, 0.2) is 11.5 Å². The number of aliphatic imine (C=N–C) groups is 1. The quantitative estimate of drug-likeness (QED) is 0.288. The molecule has 1 fully saturated rings. The summed E-state index contributed by atoms with van der Waals surface area (Å²) < 4.78 is 25.7. The number of amides is 1. The summed E-state index contributed by atoms with van der Waals surface area (Å²) in [6.45, 7) is 2.50. The molecule has 0 atom stereocenters. The molecule has 0 bridgehead atoms. The fourth-order valence-corrected chi connectivity index (χ4v) is 6.51. The minimum Gasteiger partial charge on any atom is -0.490 e. The molecule has 2 aromatic carbocycles. The molecule has 5 nitrogen and oxygen atoms in total. The Bertz CT molecular complexity index is 1300. The third-order valence-electron chi connectivity index (χ3n) is 7.26. The van der Waals surface area contributed by atoms with Crippen LogP contribution in [0.2, 0.25) is 0 Å². The van der Waals surface area contributed by atoms with Gasteiger partial charge in [-0.25, -0.2) is 9.38 Å². The van der Waals surface area contributed by atoms with Crippen molar-refractivity contribution in [1.82, 2.24) is 5.32 Å². The van der Waals surface area contributed by atoms with E-state index >= 15 is 0 Å². The lowest BCUT2D eigenvalue weighted by Crippen LogP contribution is -2.36. The Kier molecular flexibility index (Phi) is 8.74. The van der Waals surface area contributed by atoms with Gasteiger partial charge in [0.1, 0.15) is 17.4 Å². The van der Waals surface area contributed by atoms with E-state index < -0.39 is 0 Å². The SMILES string of the molecule is CCOc1cc(/C=N/c2sc3c(c2C(=O)NC2CCCCC2)CCCC3)ccc1OCc1ccccc1F. The van der Waals surface area contributed by atoms with Crippen molar-refractivity contribution < 1.29 is 18.7 Å². The molecule has 1 amide bonds. The van der Waals surface area contributed by atoms with E-state index in [2.05, 4.69) is 5.32 Å². The van der Waals surface area contributed by atoms with Crippen molar-refractivity contribution in [2.45, 2.75) is 77.4 Å². The number of nitrogens with zero attached hydrogens (tertiary/aromatic N) is 1. The van der Waals surface area contributed by atoms with Gasteiger partial charge in [0.2, 0.25) is 0 Å². The van der Waals surface area contributed by atoms with Crippen LogP contribution < -0.4 is 14.8 Å². The second-order valence-electron chi connectivity index (χ2n) is 9.98. The molecular weight excluding hydrogens is 499 g/mol. The van der Waals surface area contributed by atoms with Gasteiger partial charge in [0.25, 0.3) is 5.91 Å². The molecule has 0 aliphatic heterocycles. The highest BCUT2D eigenvalue weighted by Gasteiger charge is 2.27. The standard InChI is InChI=1S/C31H35FN2O3S/c1-2-36-27-18-21(16-17-26(27)37-20-22-10-6-8-14-25(22)32)19-33-31-29(24-13-7-9-15-28(24)38-31)30(35)34-23-11-4-3-5-12-23/h6,8,10,14,16-19,23H,2-5,7,9,11-13,15,20H2,1H3,(H,34,35)/b33-19+. The lowest BCUT2D eigenvalue weighted by Gasteiger charge is -2.23. The first kappa shape index (κ1) is 26.4. The number of hydrogen-bond donors (Lipinski definition) is 1. The van der Waals surface area contributed by atoms with Crippen LogP contribution in [0.3, 0.4) is 0 Å². The molecule has 5 rings (SSSR count). The van der Waals surface area contributed by atoms with Gasteiger partial charge < -0.3 is 14.8 Å². The summed E-state index contributed by atoms with van der Waals surface area (Å²) in [6.07, 6.45) is 11.8. The third kappa shape index (κ3) is 6.26. The highest BCUT2D eigenvalue weighted by molar-refractivity contribution is 7.16. The van der Waals surface area contributed by atoms with E-state index in [1.807, 2.05) is 25.1 Å². The zero-order chi connectivity index (χ0) is 26.3. The Morgan fingerprint density at radius 3 is 2.68 bits per heavy atom. The predicted octanol–water partition coefficient (Wildman–Crippen LogP) is 7.56. The minimum absolute atomic E-state index is 0.0235. The fourth-order valence-electron chi connectivity index (χ4n) is 5.28. The zero-order valence-electron chi connectivity index (χ0n) is 21.9. The maximum atomic E-state index is 14.0. The maximum absolute atomic E-state index is 14.0. The monoisotopic (exact) mass is 534 g/mol. The average Bonchev–Trinajstić information content (AvgIpc) is 3.31. The molecule has 38 heavy (non-hydrogen) atoms. The number of nitrogens with one attached hydrogen (secondary N) is 1. The summed E-state index contributed by atoms with van der Waals surface area (Å²) in [5.41, 5.74) is 3.29. The fraction of sp³-hybridized carbons (Fsp3) is 0.419. The van der Waals surface area contributed by atoms with Crippen LogP contribution in [0.4, 0.5) is 9.39 Å². The Morgan fingerprint density at radius 1 is 1.05 bits per heavy atom. The summed E-state index contributed by atoms with van der Waals surface area (Å²) in [5, 5.41) is 4.09. The summed E-state index contributed by atoms with van der Waals surface area (Å²) in [5.74, 6) is 0.853. The van der Waals surface area contributed by atoms with Crippen LogP contribution in [0.1, 0.15) is 83.8 Å². The van der Waals surface area contributed by atoms with E-state index in [4.69, 9.17) is 14.5 Å². The van der Waals surface area contributed by atoms with E-state index in [9.17, 15) is 9.18 Å². The van der Waals surface area contributed by atoms with Crippen LogP contribution in [0.25, 0.3) is 0 Å². The lowest BCUT2D eigenvalue weighted by molar-refractivity contribution is 0.0927. The first-order valence-electron chi connectivity index (χ1n) is 13.7. The number of hydrogen-bond acceptors (Lipinski definition) is 5.